The Morgan fingerprint density at radius 1 is 0.261 bits per heavy atom. The summed E-state index contributed by atoms with van der Waals surface area (Å²) >= 11 is 0. The average molecular weight is 649 g/mol. The van der Waals surface area contributed by atoms with Crippen molar-refractivity contribution in [2.45, 2.75) is 278 Å². The molecule has 0 amide bonds. The second-order valence-electron chi connectivity index (χ2n) is 16.2. The molecule has 0 saturated carbocycles. The zero-order valence-corrected chi connectivity index (χ0v) is 32.9. The van der Waals surface area contributed by atoms with Gasteiger partial charge in [-0.2, -0.15) is 0 Å². The largest absolute Gasteiger partial charge is 0.396 e. The Morgan fingerprint density at radius 3 is 0.565 bits per heavy atom. The van der Waals surface area contributed by atoms with Crippen molar-refractivity contribution in [3.8, 4) is 0 Å². The highest BCUT2D eigenvalue weighted by atomic mass is 16.3. The molecular weight excluding hydrogens is 556 g/mol. The first-order valence-electron chi connectivity index (χ1n) is 22.3. The van der Waals surface area contributed by atoms with E-state index < -0.39 is 0 Å². The molecule has 1 N–H and O–H groups in total. The van der Waals surface area contributed by atoms with E-state index in [2.05, 4.69) is 20.8 Å². The Bertz CT molecular complexity index is 529. The van der Waals surface area contributed by atoms with Crippen LogP contribution in [0, 0.1) is 5.41 Å². The van der Waals surface area contributed by atoms with Gasteiger partial charge >= 0.3 is 0 Å². The molecule has 0 aliphatic carbocycles. The number of aliphatic hydroxyl groups is 1. The van der Waals surface area contributed by atoms with Crippen LogP contribution in [-0.2, 0) is 0 Å². The molecule has 278 valence electrons. The summed E-state index contributed by atoms with van der Waals surface area (Å²) in [7, 11) is 0. The van der Waals surface area contributed by atoms with Crippen molar-refractivity contribution < 1.29 is 5.11 Å². The van der Waals surface area contributed by atoms with Crippen LogP contribution in [0.3, 0.4) is 0 Å². The van der Waals surface area contributed by atoms with Crippen LogP contribution in [0.2, 0.25) is 0 Å². The number of hydrogen-bond donors (Lipinski definition) is 1. The summed E-state index contributed by atoms with van der Waals surface area (Å²) in [5, 5.41) is 10.1. The van der Waals surface area contributed by atoms with Crippen molar-refractivity contribution in [2.24, 2.45) is 5.41 Å². The van der Waals surface area contributed by atoms with Crippen LogP contribution in [0.15, 0.2) is 0 Å². The van der Waals surface area contributed by atoms with Crippen LogP contribution in [-0.4, -0.2) is 11.7 Å². The van der Waals surface area contributed by atoms with E-state index >= 15 is 0 Å². The minimum absolute atomic E-state index is 0.170. The van der Waals surface area contributed by atoms with Crippen molar-refractivity contribution in [2.75, 3.05) is 6.61 Å². The summed E-state index contributed by atoms with van der Waals surface area (Å²) in [6, 6.07) is 0. The molecular formula is C45H92O. The summed E-state index contributed by atoms with van der Waals surface area (Å²) in [6.07, 6.45) is 57.2. The Kier molecular flexibility index (Phi) is 39.4. The highest BCUT2D eigenvalue weighted by Crippen LogP contribution is 2.31. The molecule has 1 unspecified atom stereocenters. The highest BCUT2D eigenvalue weighted by molar-refractivity contribution is 4.73. The number of aliphatic hydroxyl groups excluding tert-OH is 1. The lowest BCUT2D eigenvalue weighted by molar-refractivity contribution is 0.116. The van der Waals surface area contributed by atoms with Gasteiger partial charge in [-0.1, -0.05) is 265 Å². The zero-order valence-electron chi connectivity index (χ0n) is 32.9. The van der Waals surface area contributed by atoms with Gasteiger partial charge in [0, 0.05) is 6.61 Å². The Balaban J connectivity index is 3.35. The number of hydrogen-bond acceptors (Lipinski definition) is 1. The molecule has 1 heteroatoms. The summed E-state index contributed by atoms with van der Waals surface area (Å²) < 4.78 is 0. The van der Waals surface area contributed by atoms with E-state index in [0.29, 0.717) is 6.61 Å². The van der Waals surface area contributed by atoms with E-state index in [1.807, 2.05) is 0 Å². The quantitative estimate of drug-likeness (QED) is 0.0654. The molecule has 0 heterocycles. The monoisotopic (exact) mass is 649 g/mol. The topological polar surface area (TPSA) is 20.2 Å². The van der Waals surface area contributed by atoms with Gasteiger partial charge in [-0.3, -0.25) is 0 Å². The van der Waals surface area contributed by atoms with Gasteiger partial charge in [-0.15, -0.1) is 0 Å². The fraction of sp³-hybridized carbons (Fsp3) is 1.00. The Morgan fingerprint density at radius 2 is 0.413 bits per heavy atom. The van der Waals surface area contributed by atoms with Gasteiger partial charge in [-0.25, -0.2) is 0 Å². The first kappa shape index (κ1) is 46.0. The zero-order chi connectivity index (χ0) is 33.5. The SMILES string of the molecule is CCCCCCCCCCCCCCCCCCCCCCC(C)(CO)CCCCCCCCCCCCCCCCCCCC. The van der Waals surface area contributed by atoms with Gasteiger partial charge in [0.05, 0.1) is 0 Å². The van der Waals surface area contributed by atoms with Gasteiger partial charge in [0.15, 0.2) is 0 Å². The molecule has 0 aromatic carbocycles. The van der Waals surface area contributed by atoms with Crippen LogP contribution < -0.4 is 0 Å². The van der Waals surface area contributed by atoms with E-state index in [1.165, 1.54) is 257 Å². The van der Waals surface area contributed by atoms with E-state index in [-0.39, 0.29) is 5.41 Å². The molecule has 0 aliphatic heterocycles. The number of unbranched alkanes of at least 4 members (excludes halogenated alkanes) is 36. The van der Waals surface area contributed by atoms with Crippen molar-refractivity contribution in [3.05, 3.63) is 0 Å². The van der Waals surface area contributed by atoms with Crippen molar-refractivity contribution >= 4 is 0 Å². The van der Waals surface area contributed by atoms with Crippen LogP contribution >= 0.6 is 0 Å². The molecule has 1 nitrogen and oxygen atoms in total. The standard InChI is InChI=1S/C45H92O/c1-4-6-8-10-12-14-16-18-20-22-24-25-27-29-31-33-35-37-39-41-43-45(3,44-46)42-40-38-36-34-32-30-28-26-23-21-19-17-15-13-11-9-7-5-2/h46H,4-44H2,1-3H3. The van der Waals surface area contributed by atoms with Crippen LogP contribution in [0.1, 0.15) is 278 Å². The first-order chi connectivity index (χ1) is 22.7. The minimum Gasteiger partial charge on any atom is -0.396 e. The van der Waals surface area contributed by atoms with Gasteiger partial charge < -0.3 is 5.11 Å². The molecule has 46 heavy (non-hydrogen) atoms. The second-order valence-corrected chi connectivity index (χ2v) is 16.2. The summed E-state index contributed by atoms with van der Waals surface area (Å²) in [4.78, 5) is 0. The Hall–Kier alpha value is -0.0400. The second kappa shape index (κ2) is 39.4. The van der Waals surface area contributed by atoms with Crippen molar-refractivity contribution in [3.63, 3.8) is 0 Å². The maximum atomic E-state index is 10.1. The minimum atomic E-state index is 0.170. The first-order valence-corrected chi connectivity index (χ1v) is 22.3. The fourth-order valence-electron chi connectivity index (χ4n) is 7.54. The van der Waals surface area contributed by atoms with Crippen molar-refractivity contribution in [1.29, 1.82) is 0 Å². The normalized spacial score (nSPS) is 13.0. The highest BCUT2D eigenvalue weighted by Gasteiger charge is 2.22. The molecule has 0 radical (unpaired) electrons. The lowest BCUT2D eigenvalue weighted by atomic mass is 9.80. The van der Waals surface area contributed by atoms with Crippen molar-refractivity contribution in [1.82, 2.24) is 0 Å². The molecule has 0 spiro atoms. The van der Waals surface area contributed by atoms with Gasteiger partial charge in [0.25, 0.3) is 0 Å². The van der Waals surface area contributed by atoms with Gasteiger partial charge in [0.1, 0.15) is 0 Å². The third kappa shape index (κ3) is 36.8. The molecule has 0 saturated heterocycles. The lowest BCUT2D eigenvalue weighted by Crippen LogP contribution is -2.21. The molecule has 0 fully saturated rings. The maximum Gasteiger partial charge on any atom is 0.0484 e. The van der Waals surface area contributed by atoms with Crippen LogP contribution in [0.25, 0.3) is 0 Å². The number of rotatable bonds is 41. The van der Waals surface area contributed by atoms with Gasteiger partial charge in [0.2, 0.25) is 0 Å². The summed E-state index contributed by atoms with van der Waals surface area (Å²) in [5.41, 5.74) is 0.170. The molecule has 0 aliphatic rings. The summed E-state index contributed by atoms with van der Waals surface area (Å²) in [6.45, 7) is 7.33. The van der Waals surface area contributed by atoms with E-state index in [4.69, 9.17) is 0 Å². The van der Waals surface area contributed by atoms with Gasteiger partial charge in [-0.05, 0) is 18.3 Å². The maximum absolute atomic E-state index is 10.1. The molecule has 0 rings (SSSR count). The summed E-state index contributed by atoms with van der Waals surface area (Å²) in [5.74, 6) is 0. The smallest absolute Gasteiger partial charge is 0.0484 e. The van der Waals surface area contributed by atoms with E-state index in [9.17, 15) is 5.11 Å². The van der Waals surface area contributed by atoms with Crippen LogP contribution in [0.4, 0.5) is 0 Å². The molecule has 1 atom stereocenters. The predicted octanol–water partition coefficient (Wildman–Crippen LogP) is 16.6. The van der Waals surface area contributed by atoms with Crippen LogP contribution in [0.5, 0.6) is 0 Å². The predicted molar refractivity (Wildman–Crippen MR) is 211 cm³/mol. The average Bonchev–Trinajstić information content (AvgIpc) is 3.07. The lowest BCUT2D eigenvalue weighted by Gasteiger charge is -2.27. The van der Waals surface area contributed by atoms with E-state index in [1.54, 1.807) is 0 Å². The molecule has 0 bridgehead atoms. The third-order valence-corrected chi connectivity index (χ3v) is 11.1. The molecule has 0 aromatic rings. The van der Waals surface area contributed by atoms with E-state index in [0.717, 1.165) is 0 Å². The fourth-order valence-corrected chi connectivity index (χ4v) is 7.54. The molecule has 0 aromatic heterocycles. The Labute approximate surface area is 294 Å². The third-order valence-electron chi connectivity index (χ3n) is 11.1.